The van der Waals surface area contributed by atoms with Gasteiger partial charge >= 0.3 is 5.97 Å². The molecule has 96 valence electrons. The van der Waals surface area contributed by atoms with E-state index in [1.165, 1.54) is 5.56 Å². The van der Waals surface area contributed by atoms with E-state index in [4.69, 9.17) is 5.11 Å². The van der Waals surface area contributed by atoms with Gasteiger partial charge in [0.25, 0.3) is 0 Å². The third kappa shape index (κ3) is 1.83. The second-order valence-corrected chi connectivity index (χ2v) is 5.87. The smallest absolute Gasteiger partial charge is 0.304 e. The van der Waals surface area contributed by atoms with Crippen molar-refractivity contribution in [2.45, 2.75) is 42.9 Å². The maximum absolute atomic E-state index is 10.9. The van der Waals surface area contributed by atoms with E-state index in [2.05, 4.69) is 24.3 Å². The quantitative estimate of drug-likeness (QED) is 0.837. The summed E-state index contributed by atoms with van der Waals surface area (Å²) in [5.41, 5.74) is 2.23. The van der Waals surface area contributed by atoms with Gasteiger partial charge < -0.3 is 10.2 Å². The van der Waals surface area contributed by atoms with Crippen LogP contribution < -0.4 is 0 Å². The highest BCUT2D eigenvalue weighted by molar-refractivity contribution is 5.70. The summed E-state index contributed by atoms with van der Waals surface area (Å²) in [6.07, 6.45) is 4.30. The van der Waals surface area contributed by atoms with Crippen LogP contribution in [0.5, 0.6) is 0 Å². The number of rotatable bonds is 5. The van der Waals surface area contributed by atoms with Crippen LogP contribution in [0.15, 0.2) is 24.3 Å². The van der Waals surface area contributed by atoms with Gasteiger partial charge in [0, 0.05) is 10.8 Å². The van der Waals surface area contributed by atoms with Crippen LogP contribution in [0, 0.1) is 0 Å². The number of hydrogen-bond donors (Lipinski definition) is 2. The molecule has 0 bridgehead atoms. The molecule has 2 N–H and O–H groups in total. The minimum absolute atomic E-state index is 0.00203. The molecule has 2 aliphatic carbocycles. The molecule has 3 rings (SSSR count). The van der Waals surface area contributed by atoms with Gasteiger partial charge in [-0.25, -0.2) is 0 Å². The lowest BCUT2D eigenvalue weighted by atomic mass is 9.89. The van der Waals surface area contributed by atoms with Gasteiger partial charge in [-0.15, -0.1) is 0 Å². The largest absolute Gasteiger partial charge is 0.481 e. The Labute approximate surface area is 106 Å². The van der Waals surface area contributed by atoms with Crippen molar-refractivity contribution in [2.75, 3.05) is 6.61 Å². The molecule has 1 aromatic rings. The number of aliphatic hydroxyl groups excluding tert-OH is 1. The third-order valence-corrected chi connectivity index (χ3v) is 4.61. The minimum Gasteiger partial charge on any atom is -0.481 e. The van der Waals surface area contributed by atoms with Crippen LogP contribution in [0.3, 0.4) is 0 Å². The van der Waals surface area contributed by atoms with E-state index in [1.54, 1.807) is 0 Å². The first kappa shape index (κ1) is 11.7. The fourth-order valence-electron chi connectivity index (χ4n) is 2.87. The van der Waals surface area contributed by atoms with Gasteiger partial charge in [0.15, 0.2) is 0 Å². The summed E-state index contributed by atoms with van der Waals surface area (Å²) >= 11 is 0. The van der Waals surface area contributed by atoms with Gasteiger partial charge in [-0.1, -0.05) is 24.3 Å². The van der Waals surface area contributed by atoms with Crippen molar-refractivity contribution in [3.63, 3.8) is 0 Å². The van der Waals surface area contributed by atoms with Gasteiger partial charge in [0.05, 0.1) is 13.0 Å². The van der Waals surface area contributed by atoms with Crippen molar-refractivity contribution < 1.29 is 15.0 Å². The highest BCUT2D eigenvalue weighted by Crippen LogP contribution is 2.52. The highest BCUT2D eigenvalue weighted by Gasteiger charge is 2.47. The normalized spacial score (nSPS) is 22.5. The van der Waals surface area contributed by atoms with Gasteiger partial charge in [-0.2, -0.15) is 0 Å². The van der Waals surface area contributed by atoms with E-state index < -0.39 is 5.97 Å². The zero-order chi connectivity index (χ0) is 12.8. The predicted molar refractivity (Wildman–Crippen MR) is 67.6 cm³/mol. The molecule has 0 unspecified atom stereocenters. The Bertz CT molecular complexity index is 467. The molecule has 0 amide bonds. The molecule has 0 aliphatic heterocycles. The summed E-state index contributed by atoms with van der Waals surface area (Å²) in [5.74, 6) is -0.717. The Balaban J connectivity index is 1.81. The molecule has 0 aromatic heterocycles. The summed E-state index contributed by atoms with van der Waals surface area (Å²) in [6, 6.07) is 8.25. The summed E-state index contributed by atoms with van der Waals surface area (Å²) in [6.45, 7) is 0.215. The number of aliphatic carboxylic acids is 1. The first-order chi connectivity index (χ1) is 8.60. The Morgan fingerprint density at radius 3 is 1.78 bits per heavy atom. The maximum Gasteiger partial charge on any atom is 0.304 e. The second-order valence-electron chi connectivity index (χ2n) is 5.87. The monoisotopic (exact) mass is 246 g/mol. The Kier molecular flexibility index (Phi) is 2.49. The summed E-state index contributed by atoms with van der Waals surface area (Å²) in [7, 11) is 0. The highest BCUT2D eigenvalue weighted by atomic mass is 16.4. The summed E-state index contributed by atoms with van der Waals surface area (Å²) in [5, 5.41) is 18.3. The van der Waals surface area contributed by atoms with Crippen LogP contribution in [0.4, 0.5) is 0 Å². The van der Waals surface area contributed by atoms with Crippen molar-refractivity contribution in [3.8, 4) is 0 Å². The van der Waals surface area contributed by atoms with E-state index in [0.29, 0.717) is 0 Å². The molecule has 0 heterocycles. The standard InChI is InChI=1S/C15H18O3/c16-10-15(7-8-15)12-3-1-11(2-4-12)14(5-6-14)9-13(17)18/h1-4,16H,5-10H2,(H,17,18). The van der Waals surface area contributed by atoms with Gasteiger partial charge in [0.2, 0.25) is 0 Å². The lowest BCUT2D eigenvalue weighted by Gasteiger charge is -2.16. The number of benzene rings is 1. The number of carboxylic acids is 1. The third-order valence-electron chi connectivity index (χ3n) is 4.61. The van der Waals surface area contributed by atoms with Gasteiger partial charge in [-0.05, 0) is 36.8 Å². The molecule has 3 heteroatoms. The van der Waals surface area contributed by atoms with Crippen LogP contribution in [0.25, 0.3) is 0 Å². The van der Waals surface area contributed by atoms with E-state index >= 15 is 0 Å². The number of aliphatic hydroxyl groups is 1. The van der Waals surface area contributed by atoms with Gasteiger partial charge in [-0.3, -0.25) is 4.79 Å². The average Bonchev–Trinajstić information content (AvgIpc) is 3.24. The maximum atomic E-state index is 10.9. The Morgan fingerprint density at radius 1 is 1.00 bits per heavy atom. The van der Waals surface area contributed by atoms with Crippen LogP contribution in [0.1, 0.15) is 43.2 Å². The average molecular weight is 246 g/mol. The fourth-order valence-corrected chi connectivity index (χ4v) is 2.87. The van der Waals surface area contributed by atoms with Gasteiger partial charge in [0.1, 0.15) is 0 Å². The second kappa shape index (κ2) is 3.82. The zero-order valence-electron chi connectivity index (χ0n) is 10.4. The lowest BCUT2D eigenvalue weighted by Crippen LogP contribution is -2.15. The van der Waals surface area contributed by atoms with Crippen LogP contribution in [-0.2, 0) is 15.6 Å². The molecule has 2 saturated carbocycles. The molecule has 2 aliphatic rings. The van der Waals surface area contributed by atoms with E-state index in [1.807, 2.05) is 0 Å². The van der Waals surface area contributed by atoms with Crippen molar-refractivity contribution in [3.05, 3.63) is 35.4 Å². The van der Waals surface area contributed by atoms with Crippen LogP contribution in [0.2, 0.25) is 0 Å². The molecule has 0 radical (unpaired) electrons. The SMILES string of the molecule is O=C(O)CC1(c2ccc(C3(CO)CC3)cc2)CC1. The van der Waals surface area contributed by atoms with Crippen molar-refractivity contribution in [2.24, 2.45) is 0 Å². The molecule has 3 nitrogen and oxygen atoms in total. The van der Waals surface area contributed by atoms with E-state index in [9.17, 15) is 9.90 Å². The first-order valence-electron chi connectivity index (χ1n) is 6.54. The van der Waals surface area contributed by atoms with Crippen LogP contribution in [-0.4, -0.2) is 22.8 Å². The lowest BCUT2D eigenvalue weighted by molar-refractivity contribution is -0.137. The number of carbonyl (C=O) groups is 1. The topological polar surface area (TPSA) is 57.5 Å². The molecular weight excluding hydrogens is 228 g/mol. The Hall–Kier alpha value is -1.35. The molecule has 0 spiro atoms. The molecule has 2 fully saturated rings. The predicted octanol–water partition coefficient (Wildman–Crippen LogP) is 2.22. The zero-order valence-corrected chi connectivity index (χ0v) is 10.4. The minimum atomic E-state index is -0.717. The van der Waals surface area contributed by atoms with E-state index in [-0.39, 0.29) is 23.9 Å². The van der Waals surface area contributed by atoms with Crippen molar-refractivity contribution >= 4 is 5.97 Å². The fraction of sp³-hybridized carbons (Fsp3) is 0.533. The number of carboxylic acid groups (broad SMARTS) is 1. The first-order valence-corrected chi connectivity index (χ1v) is 6.54. The summed E-state index contributed by atoms with van der Waals surface area (Å²) in [4.78, 5) is 10.9. The molecule has 18 heavy (non-hydrogen) atoms. The Morgan fingerprint density at radius 2 is 1.44 bits per heavy atom. The summed E-state index contributed by atoms with van der Waals surface area (Å²) < 4.78 is 0. The van der Waals surface area contributed by atoms with Crippen LogP contribution >= 0.6 is 0 Å². The van der Waals surface area contributed by atoms with Crippen molar-refractivity contribution in [1.82, 2.24) is 0 Å². The molecule has 0 atom stereocenters. The molecule has 1 aromatic carbocycles. The molecular formula is C15H18O3. The number of hydrogen-bond acceptors (Lipinski definition) is 2. The van der Waals surface area contributed by atoms with E-state index in [0.717, 1.165) is 31.2 Å². The molecule has 0 saturated heterocycles. The van der Waals surface area contributed by atoms with Crippen molar-refractivity contribution in [1.29, 1.82) is 0 Å².